The molecule has 0 aromatic heterocycles. The number of benzene rings is 1. The van der Waals surface area contributed by atoms with E-state index in [0.717, 1.165) is 5.56 Å². The number of nitrogens with two attached hydrogens (primary N) is 3. The molecule has 3 amide bonds. The Morgan fingerprint density at radius 1 is 0.865 bits per heavy atom. The van der Waals surface area contributed by atoms with Gasteiger partial charge in [-0.15, -0.1) is 0 Å². The van der Waals surface area contributed by atoms with Crippen molar-refractivity contribution in [2.75, 3.05) is 13.2 Å². The minimum atomic E-state index is -1.64. The van der Waals surface area contributed by atoms with E-state index < -0.39 is 66.9 Å². The van der Waals surface area contributed by atoms with Crippen LogP contribution in [0, 0.1) is 0 Å². The van der Waals surface area contributed by atoms with Gasteiger partial charge in [-0.05, 0) is 24.8 Å². The summed E-state index contributed by atoms with van der Waals surface area (Å²) in [6, 6.07) is 3.10. The van der Waals surface area contributed by atoms with Crippen molar-refractivity contribution in [3.05, 3.63) is 35.9 Å². The standard InChI is InChI=1S/C22H33N7O8/c23-13(9-12-5-2-1-3-6-12)18(33)28-15(10-17(31)32)20(35)27-14(7-4-8-26-22(24)25)19(34)29-16(11-30)21(36)37/h1-3,5-6,13-16,30H,4,7-11,23H2,(H,27,35)(H,28,33)(H,29,34)(H,31,32)(H,36,37)(H4,24,25,26). The van der Waals surface area contributed by atoms with Gasteiger partial charge in [-0.3, -0.25) is 24.2 Å². The van der Waals surface area contributed by atoms with Gasteiger partial charge in [-0.2, -0.15) is 0 Å². The number of hydrogen-bond acceptors (Lipinski definition) is 8. The number of nitrogens with zero attached hydrogens (tertiary/aromatic N) is 1. The van der Waals surface area contributed by atoms with Crippen LogP contribution in [0.4, 0.5) is 0 Å². The number of aliphatic imine (C=N–C) groups is 1. The summed E-state index contributed by atoms with van der Waals surface area (Å²) in [5, 5.41) is 34.2. The fourth-order valence-electron chi connectivity index (χ4n) is 3.13. The molecule has 204 valence electrons. The highest BCUT2D eigenvalue weighted by Crippen LogP contribution is 2.05. The molecule has 4 unspecified atom stereocenters. The molecule has 15 nitrogen and oxygen atoms in total. The van der Waals surface area contributed by atoms with Crippen LogP contribution in [0.25, 0.3) is 0 Å². The third-order valence-electron chi connectivity index (χ3n) is 5.02. The van der Waals surface area contributed by atoms with Crippen LogP contribution in [-0.2, 0) is 30.4 Å². The van der Waals surface area contributed by atoms with Gasteiger partial charge in [0.2, 0.25) is 17.7 Å². The number of aliphatic carboxylic acids is 2. The van der Waals surface area contributed by atoms with Gasteiger partial charge in [-0.1, -0.05) is 30.3 Å². The van der Waals surface area contributed by atoms with Gasteiger partial charge in [-0.25, -0.2) is 4.79 Å². The summed E-state index contributed by atoms with van der Waals surface area (Å²) in [6.45, 7) is -0.833. The van der Waals surface area contributed by atoms with Gasteiger partial charge in [0.25, 0.3) is 0 Å². The van der Waals surface area contributed by atoms with Crippen LogP contribution in [0.1, 0.15) is 24.8 Å². The Balaban J connectivity index is 2.98. The van der Waals surface area contributed by atoms with Gasteiger partial charge in [0.15, 0.2) is 5.96 Å². The molecule has 0 aliphatic carbocycles. The lowest BCUT2D eigenvalue weighted by Gasteiger charge is -2.24. The number of nitrogens with one attached hydrogen (secondary N) is 3. The maximum Gasteiger partial charge on any atom is 0.328 e. The van der Waals surface area contributed by atoms with Crippen molar-refractivity contribution in [1.29, 1.82) is 0 Å². The summed E-state index contributed by atoms with van der Waals surface area (Å²) in [7, 11) is 0. The number of aliphatic hydroxyl groups is 1. The van der Waals surface area contributed by atoms with Crippen molar-refractivity contribution in [3.8, 4) is 0 Å². The average molecular weight is 524 g/mol. The van der Waals surface area contributed by atoms with Gasteiger partial charge in [0.1, 0.15) is 18.1 Å². The van der Waals surface area contributed by atoms with Crippen LogP contribution < -0.4 is 33.2 Å². The minimum absolute atomic E-state index is 0.0760. The SMILES string of the molecule is NC(N)=NCCCC(NC(=O)C(CC(=O)O)NC(=O)C(N)Cc1ccccc1)C(=O)NC(CO)C(=O)O. The molecular formula is C22H33N7O8. The van der Waals surface area contributed by atoms with E-state index in [0.29, 0.717) is 0 Å². The van der Waals surface area contributed by atoms with E-state index in [1.54, 1.807) is 30.3 Å². The van der Waals surface area contributed by atoms with Crippen LogP contribution in [0.2, 0.25) is 0 Å². The Bertz CT molecular complexity index is 969. The van der Waals surface area contributed by atoms with E-state index in [4.69, 9.17) is 22.3 Å². The highest BCUT2D eigenvalue weighted by atomic mass is 16.4. The van der Waals surface area contributed by atoms with Crippen LogP contribution >= 0.6 is 0 Å². The predicted octanol–water partition coefficient (Wildman–Crippen LogP) is -3.38. The van der Waals surface area contributed by atoms with Crippen molar-refractivity contribution in [2.45, 2.75) is 49.9 Å². The van der Waals surface area contributed by atoms with Crippen LogP contribution in [0.15, 0.2) is 35.3 Å². The van der Waals surface area contributed by atoms with Crippen LogP contribution in [0.5, 0.6) is 0 Å². The molecule has 0 radical (unpaired) electrons. The first-order valence-corrected chi connectivity index (χ1v) is 11.3. The zero-order chi connectivity index (χ0) is 28.0. The van der Waals surface area contributed by atoms with E-state index in [2.05, 4.69) is 20.9 Å². The number of carbonyl (C=O) groups excluding carboxylic acids is 3. The number of rotatable bonds is 16. The molecular weight excluding hydrogens is 490 g/mol. The van der Waals surface area contributed by atoms with E-state index >= 15 is 0 Å². The summed E-state index contributed by atoms with van der Waals surface area (Å²) in [5.41, 5.74) is 17.2. The first-order valence-electron chi connectivity index (χ1n) is 11.3. The number of aliphatic hydroxyl groups excluding tert-OH is 1. The number of carbonyl (C=O) groups is 5. The van der Waals surface area contributed by atoms with E-state index in [-0.39, 0.29) is 31.8 Å². The summed E-state index contributed by atoms with van der Waals surface area (Å²) in [5.74, 6) is -5.87. The summed E-state index contributed by atoms with van der Waals surface area (Å²) in [4.78, 5) is 64.4. The lowest BCUT2D eigenvalue weighted by Crippen LogP contribution is -2.58. The average Bonchev–Trinajstić information content (AvgIpc) is 2.83. The molecule has 1 rings (SSSR count). The number of hydrogen-bond donors (Lipinski definition) is 9. The summed E-state index contributed by atoms with van der Waals surface area (Å²) in [6.07, 6.45) is -0.591. The second-order valence-electron chi connectivity index (χ2n) is 8.05. The molecule has 0 spiro atoms. The van der Waals surface area contributed by atoms with Gasteiger partial charge < -0.3 is 48.5 Å². The molecule has 1 aromatic rings. The van der Waals surface area contributed by atoms with Gasteiger partial charge in [0.05, 0.1) is 19.1 Å². The zero-order valence-corrected chi connectivity index (χ0v) is 20.0. The van der Waals surface area contributed by atoms with Crippen molar-refractivity contribution in [3.63, 3.8) is 0 Å². The number of carboxylic acid groups (broad SMARTS) is 2. The van der Waals surface area contributed by atoms with E-state index in [9.17, 15) is 34.2 Å². The molecule has 0 heterocycles. The third-order valence-corrected chi connectivity index (χ3v) is 5.02. The third kappa shape index (κ3) is 11.8. The molecule has 0 aliphatic rings. The summed E-state index contributed by atoms with van der Waals surface area (Å²) < 4.78 is 0. The molecule has 15 heteroatoms. The van der Waals surface area contributed by atoms with Crippen molar-refractivity contribution in [1.82, 2.24) is 16.0 Å². The van der Waals surface area contributed by atoms with Gasteiger partial charge in [0, 0.05) is 6.54 Å². The maximum absolute atomic E-state index is 12.9. The largest absolute Gasteiger partial charge is 0.481 e. The topological polar surface area (TPSA) is 273 Å². The monoisotopic (exact) mass is 523 g/mol. The Hall–Kier alpha value is -4.24. The molecule has 4 atom stereocenters. The molecule has 0 saturated heterocycles. The van der Waals surface area contributed by atoms with Crippen molar-refractivity contribution >= 4 is 35.6 Å². The lowest BCUT2D eigenvalue weighted by molar-refractivity contribution is -0.144. The highest BCUT2D eigenvalue weighted by molar-refractivity contribution is 5.95. The summed E-state index contributed by atoms with van der Waals surface area (Å²) >= 11 is 0. The Labute approximate surface area is 212 Å². The second kappa shape index (κ2) is 15.7. The smallest absolute Gasteiger partial charge is 0.328 e. The first kappa shape index (κ1) is 30.8. The maximum atomic E-state index is 12.9. The fourth-order valence-corrected chi connectivity index (χ4v) is 3.13. The minimum Gasteiger partial charge on any atom is -0.481 e. The molecule has 0 aliphatic heterocycles. The number of carboxylic acids is 2. The molecule has 0 bridgehead atoms. The van der Waals surface area contributed by atoms with E-state index in [1.807, 2.05) is 0 Å². The molecule has 0 saturated carbocycles. The zero-order valence-electron chi connectivity index (χ0n) is 20.0. The molecule has 0 fully saturated rings. The lowest BCUT2D eigenvalue weighted by atomic mass is 10.0. The Kier molecular flexibility index (Phi) is 13.1. The normalized spacial score (nSPS) is 13.8. The Morgan fingerprint density at radius 3 is 1.97 bits per heavy atom. The van der Waals surface area contributed by atoms with Crippen molar-refractivity contribution in [2.24, 2.45) is 22.2 Å². The quantitative estimate of drug-likeness (QED) is 0.0585. The second-order valence-corrected chi connectivity index (χ2v) is 8.05. The molecule has 37 heavy (non-hydrogen) atoms. The molecule has 1 aromatic carbocycles. The number of guanidine groups is 1. The van der Waals surface area contributed by atoms with Gasteiger partial charge >= 0.3 is 11.9 Å². The molecule has 12 N–H and O–H groups in total. The van der Waals surface area contributed by atoms with Crippen molar-refractivity contribution < 1.29 is 39.3 Å². The highest BCUT2D eigenvalue weighted by Gasteiger charge is 2.31. The van der Waals surface area contributed by atoms with Crippen LogP contribution in [0.3, 0.4) is 0 Å². The Morgan fingerprint density at radius 2 is 1.43 bits per heavy atom. The predicted molar refractivity (Wildman–Crippen MR) is 131 cm³/mol. The number of amides is 3. The first-order chi connectivity index (χ1) is 17.4. The fraction of sp³-hybridized carbons (Fsp3) is 0.455. The van der Waals surface area contributed by atoms with E-state index in [1.165, 1.54) is 0 Å². The van der Waals surface area contributed by atoms with Crippen LogP contribution in [-0.4, -0.2) is 88.3 Å².